The van der Waals surface area contributed by atoms with Gasteiger partial charge in [-0.25, -0.2) is 9.37 Å². The lowest BCUT2D eigenvalue weighted by atomic mass is 10.1. The van der Waals surface area contributed by atoms with Gasteiger partial charge in [-0.2, -0.15) is 0 Å². The second-order valence-electron chi connectivity index (χ2n) is 4.28. The van der Waals surface area contributed by atoms with E-state index in [1.165, 1.54) is 12.1 Å². The van der Waals surface area contributed by atoms with Gasteiger partial charge in [-0.15, -0.1) is 0 Å². The van der Waals surface area contributed by atoms with Gasteiger partial charge in [-0.1, -0.05) is 0 Å². The molecule has 0 radical (unpaired) electrons. The molecule has 0 bridgehead atoms. The van der Waals surface area contributed by atoms with Crippen LogP contribution in [0.2, 0.25) is 0 Å². The van der Waals surface area contributed by atoms with Crippen molar-refractivity contribution in [3.05, 3.63) is 42.5 Å². The minimum absolute atomic E-state index is 0.345. The minimum Gasteiger partial charge on any atom is -0.398 e. The number of anilines is 1. The van der Waals surface area contributed by atoms with E-state index in [1.54, 1.807) is 18.5 Å². The van der Waals surface area contributed by atoms with E-state index in [1.807, 2.05) is 17.6 Å². The third-order valence-corrected chi connectivity index (χ3v) is 3.12. The molecule has 96 valence electrons. The number of benzene rings is 1. The van der Waals surface area contributed by atoms with Gasteiger partial charge in [-0.05, 0) is 31.2 Å². The molecule has 0 aliphatic carbocycles. The first-order chi connectivity index (χ1) is 9.20. The maximum atomic E-state index is 13.1. The van der Waals surface area contributed by atoms with E-state index in [-0.39, 0.29) is 5.82 Å². The Bertz CT molecular complexity index is 748. The SMILES string of the molecule is CCn1c(-c2ccc(F)cc2N)nc2cnccc21. The molecule has 19 heavy (non-hydrogen) atoms. The first-order valence-corrected chi connectivity index (χ1v) is 6.06. The highest BCUT2D eigenvalue weighted by molar-refractivity contribution is 5.82. The first-order valence-electron chi connectivity index (χ1n) is 6.06. The predicted molar refractivity (Wildman–Crippen MR) is 73.0 cm³/mol. The third-order valence-electron chi connectivity index (χ3n) is 3.12. The van der Waals surface area contributed by atoms with E-state index >= 15 is 0 Å². The number of aromatic nitrogens is 3. The molecule has 3 aromatic rings. The molecule has 2 aromatic heterocycles. The van der Waals surface area contributed by atoms with Gasteiger partial charge in [0.25, 0.3) is 0 Å². The second kappa shape index (κ2) is 4.35. The zero-order chi connectivity index (χ0) is 13.4. The molecule has 5 heteroatoms. The normalized spacial score (nSPS) is 11.1. The van der Waals surface area contributed by atoms with Crippen LogP contribution in [0.1, 0.15) is 6.92 Å². The Morgan fingerprint density at radius 2 is 2.16 bits per heavy atom. The van der Waals surface area contributed by atoms with E-state index in [9.17, 15) is 4.39 Å². The predicted octanol–water partition coefficient (Wildman–Crippen LogP) is 2.84. The van der Waals surface area contributed by atoms with Crippen LogP contribution in [0, 0.1) is 5.82 Å². The molecule has 1 aromatic carbocycles. The number of pyridine rings is 1. The summed E-state index contributed by atoms with van der Waals surface area (Å²) in [6.07, 6.45) is 3.44. The van der Waals surface area contributed by atoms with Crippen molar-refractivity contribution < 1.29 is 4.39 Å². The van der Waals surface area contributed by atoms with Crippen LogP contribution in [-0.2, 0) is 6.54 Å². The van der Waals surface area contributed by atoms with Crippen molar-refractivity contribution in [1.29, 1.82) is 0 Å². The van der Waals surface area contributed by atoms with Crippen LogP contribution in [0.5, 0.6) is 0 Å². The number of nitrogen functional groups attached to an aromatic ring is 1. The Morgan fingerprint density at radius 3 is 2.89 bits per heavy atom. The number of nitrogens with two attached hydrogens (primary N) is 1. The molecular formula is C14H13FN4. The molecule has 2 N–H and O–H groups in total. The standard InChI is InChI=1S/C14H13FN4/c1-2-19-13-5-6-17-8-12(13)18-14(19)10-4-3-9(15)7-11(10)16/h3-8H,2,16H2,1H3. The molecule has 0 saturated heterocycles. The van der Waals surface area contributed by atoms with E-state index < -0.39 is 0 Å². The van der Waals surface area contributed by atoms with Gasteiger partial charge in [0.2, 0.25) is 0 Å². The lowest BCUT2D eigenvalue weighted by Gasteiger charge is -2.08. The number of rotatable bonds is 2. The number of hydrogen-bond acceptors (Lipinski definition) is 3. The fourth-order valence-corrected chi connectivity index (χ4v) is 2.24. The Balaban J connectivity index is 2.30. The van der Waals surface area contributed by atoms with Gasteiger partial charge in [0.1, 0.15) is 17.2 Å². The smallest absolute Gasteiger partial charge is 0.143 e. The van der Waals surface area contributed by atoms with Crippen molar-refractivity contribution in [2.45, 2.75) is 13.5 Å². The van der Waals surface area contributed by atoms with Crippen LogP contribution < -0.4 is 5.73 Å². The van der Waals surface area contributed by atoms with Gasteiger partial charge in [0.15, 0.2) is 0 Å². The number of hydrogen-bond donors (Lipinski definition) is 1. The summed E-state index contributed by atoms with van der Waals surface area (Å²) in [5.41, 5.74) is 8.82. The second-order valence-corrected chi connectivity index (χ2v) is 4.28. The van der Waals surface area contributed by atoms with Crippen LogP contribution in [0.15, 0.2) is 36.7 Å². The molecule has 0 amide bonds. The fourth-order valence-electron chi connectivity index (χ4n) is 2.24. The van der Waals surface area contributed by atoms with E-state index in [4.69, 9.17) is 5.73 Å². The molecule has 0 aliphatic rings. The monoisotopic (exact) mass is 256 g/mol. The van der Waals surface area contributed by atoms with Gasteiger partial charge < -0.3 is 10.3 Å². The summed E-state index contributed by atoms with van der Waals surface area (Å²) >= 11 is 0. The summed E-state index contributed by atoms with van der Waals surface area (Å²) < 4.78 is 15.2. The van der Waals surface area contributed by atoms with Crippen LogP contribution in [0.3, 0.4) is 0 Å². The third kappa shape index (κ3) is 1.83. The average Bonchev–Trinajstić information content (AvgIpc) is 2.76. The van der Waals surface area contributed by atoms with Gasteiger partial charge in [-0.3, -0.25) is 4.98 Å². The minimum atomic E-state index is -0.345. The summed E-state index contributed by atoms with van der Waals surface area (Å²) in [5.74, 6) is 0.394. The first kappa shape index (κ1) is 11.6. The van der Waals surface area contributed by atoms with Crippen LogP contribution >= 0.6 is 0 Å². The molecule has 2 heterocycles. The van der Waals surface area contributed by atoms with E-state index in [0.29, 0.717) is 5.69 Å². The number of halogens is 1. The molecule has 0 aliphatic heterocycles. The van der Waals surface area contributed by atoms with E-state index in [2.05, 4.69) is 9.97 Å². The Morgan fingerprint density at radius 1 is 1.32 bits per heavy atom. The summed E-state index contributed by atoms with van der Waals surface area (Å²) in [5, 5.41) is 0. The molecule has 0 fully saturated rings. The number of fused-ring (bicyclic) bond motifs is 1. The lowest BCUT2D eigenvalue weighted by molar-refractivity contribution is 0.628. The summed E-state index contributed by atoms with van der Waals surface area (Å²) in [6.45, 7) is 2.79. The zero-order valence-electron chi connectivity index (χ0n) is 10.5. The number of nitrogens with zero attached hydrogens (tertiary/aromatic N) is 3. The van der Waals surface area contributed by atoms with Gasteiger partial charge in [0, 0.05) is 24.0 Å². The topological polar surface area (TPSA) is 56.7 Å². The molecule has 0 spiro atoms. The Labute approximate surface area is 109 Å². The van der Waals surface area contributed by atoms with Crippen molar-refractivity contribution in [2.75, 3.05) is 5.73 Å². The molecule has 4 nitrogen and oxygen atoms in total. The van der Waals surface area contributed by atoms with Crippen molar-refractivity contribution in [3.63, 3.8) is 0 Å². The number of aryl methyl sites for hydroxylation is 1. The molecule has 3 rings (SSSR count). The highest BCUT2D eigenvalue weighted by atomic mass is 19.1. The maximum absolute atomic E-state index is 13.1. The Kier molecular flexibility index (Phi) is 2.67. The zero-order valence-corrected chi connectivity index (χ0v) is 10.5. The largest absolute Gasteiger partial charge is 0.398 e. The van der Waals surface area contributed by atoms with Crippen molar-refractivity contribution >= 4 is 16.7 Å². The highest BCUT2D eigenvalue weighted by Crippen LogP contribution is 2.28. The van der Waals surface area contributed by atoms with Gasteiger partial charge >= 0.3 is 0 Å². The Hall–Kier alpha value is -2.43. The highest BCUT2D eigenvalue weighted by Gasteiger charge is 2.13. The lowest BCUT2D eigenvalue weighted by Crippen LogP contribution is -2.00. The van der Waals surface area contributed by atoms with Crippen LogP contribution in [0.25, 0.3) is 22.4 Å². The summed E-state index contributed by atoms with van der Waals surface area (Å²) in [7, 11) is 0. The summed E-state index contributed by atoms with van der Waals surface area (Å²) in [6, 6.07) is 6.27. The van der Waals surface area contributed by atoms with Crippen LogP contribution in [-0.4, -0.2) is 14.5 Å². The number of imidazole rings is 1. The average molecular weight is 256 g/mol. The fraction of sp³-hybridized carbons (Fsp3) is 0.143. The summed E-state index contributed by atoms with van der Waals surface area (Å²) in [4.78, 5) is 8.61. The maximum Gasteiger partial charge on any atom is 0.143 e. The molecule has 0 atom stereocenters. The van der Waals surface area contributed by atoms with Gasteiger partial charge in [0.05, 0.1) is 11.7 Å². The molecule has 0 unspecified atom stereocenters. The molecule has 0 saturated carbocycles. The van der Waals surface area contributed by atoms with Crippen molar-refractivity contribution in [1.82, 2.24) is 14.5 Å². The van der Waals surface area contributed by atoms with Crippen molar-refractivity contribution in [3.8, 4) is 11.4 Å². The quantitative estimate of drug-likeness (QED) is 0.717. The molecular weight excluding hydrogens is 243 g/mol. The van der Waals surface area contributed by atoms with E-state index in [0.717, 1.165) is 29.0 Å². The van der Waals surface area contributed by atoms with Crippen LogP contribution in [0.4, 0.5) is 10.1 Å². The van der Waals surface area contributed by atoms with Crippen molar-refractivity contribution in [2.24, 2.45) is 0 Å².